The molecule has 1 aromatic carbocycles. The number of hydrogen-bond donors (Lipinski definition) is 1. The molecule has 1 N–H and O–H groups in total. The molecule has 0 radical (unpaired) electrons. The van der Waals surface area contributed by atoms with E-state index in [1.54, 1.807) is 25.3 Å². The Labute approximate surface area is 133 Å². The monoisotopic (exact) mass is 314 g/mol. The fourth-order valence-electron chi connectivity index (χ4n) is 2.23. The number of aromatic nitrogens is 1. The highest BCUT2D eigenvalue weighted by atomic mass is 19.2. The van der Waals surface area contributed by atoms with E-state index in [0.29, 0.717) is 16.8 Å². The van der Waals surface area contributed by atoms with Gasteiger partial charge < -0.3 is 9.88 Å². The summed E-state index contributed by atoms with van der Waals surface area (Å²) >= 11 is 0. The van der Waals surface area contributed by atoms with Crippen LogP contribution in [0.1, 0.15) is 24.1 Å². The van der Waals surface area contributed by atoms with Gasteiger partial charge in [-0.2, -0.15) is 0 Å². The van der Waals surface area contributed by atoms with Crippen LogP contribution in [-0.4, -0.2) is 11.1 Å². The van der Waals surface area contributed by atoms with Gasteiger partial charge in [0.25, 0.3) is 5.56 Å². The van der Waals surface area contributed by atoms with E-state index in [0.717, 1.165) is 12.1 Å². The summed E-state index contributed by atoms with van der Waals surface area (Å²) in [6.07, 6.45) is 6.76. The molecule has 0 amide bonds. The summed E-state index contributed by atoms with van der Waals surface area (Å²) in [6.45, 7) is 5.78. The molecule has 0 unspecified atom stereocenters. The number of nitrogens with one attached hydrogen (secondary N) is 1. The summed E-state index contributed by atoms with van der Waals surface area (Å²) < 4.78 is 27.9. The van der Waals surface area contributed by atoms with Crippen molar-refractivity contribution in [2.45, 2.75) is 13.0 Å². The molecule has 3 nitrogen and oxygen atoms in total. The first kappa shape index (κ1) is 16.5. The van der Waals surface area contributed by atoms with Gasteiger partial charge >= 0.3 is 0 Å². The van der Waals surface area contributed by atoms with Crippen molar-refractivity contribution < 1.29 is 8.78 Å². The molecule has 118 valence electrons. The second-order valence-electron chi connectivity index (χ2n) is 5.02. The van der Waals surface area contributed by atoms with Crippen molar-refractivity contribution in [3.63, 3.8) is 0 Å². The number of nitrogens with zero attached hydrogens (tertiary/aromatic N) is 1. The number of halogens is 2. The topological polar surface area (TPSA) is 34.0 Å². The van der Waals surface area contributed by atoms with E-state index in [-0.39, 0.29) is 12.1 Å². The Hall–Kier alpha value is -2.87. The molecule has 0 spiro atoms. The molecular formula is C18H16F2N2O. The lowest BCUT2D eigenvalue weighted by molar-refractivity contribution is 0.502. The lowest BCUT2D eigenvalue weighted by atomic mass is 10.1. The van der Waals surface area contributed by atoms with Gasteiger partial charge in [0.15, 0.2) is 11.6 Å². The molecule has 0 fully saturated rings. The molecule has 0 aliphatic carbocycles. The predicted molar refractivity (Wildman–Crippen MR) is 86.7 cm³/mol. The summed E-state index contributed by atoms with van der Waals surface area (Å²) in [5.74, 6) is 0.537. The molecule has 1 heterocycles. The normalized spacial score (nSPS) is 11.6. The van der Waals surface area contributed by atoms with E-state index >= 15 is 0 Å². The minimum atomic E-state index is -0.946. The highest BCUT2D eigenvalue weighted by Gasteiger charge is 2.14. The van der Waals surface area contributed by atoms with Crippen molar-refractivity contribution >= 4 is 5.70 Å². The predicted octanol–water partition coefficient (Wildman–Crippen LogP) is 2.93. The maximum atomic E-state index is 13.4. The Balaban J connectivity index is 2.40. The first-order chi connectivity index (χ1) is 11.0. The SMILES string of the molecule is C#CCNC(=C)c1cccn([C@H](C)c2ccc(F)c(F)c2)c1=O. The lowest BCUT2D eigenvalue weighted by Crippen LogP contribution is -2.28. The van der Waals surface area contributed by atoms with Gasteiger partial charge in [-0.25, -0.2) is 8.78 Å². The molecule has 0 aliphatic heterocycles. The van der Waals surface area contributed by atoms with Crippen LogP contribution in [0, 0.1) is 24.0 Å². The van der Waals surface area contributed by atoms with Gasteiger partial charge in [0.2, 0.25) is 0 Å². The van der Waals surface area contributed by atoms with Gasteiger partial charge in [0, 0.05) is 11.9 Å². The third-order valence-corrected chi connectivity index (χ3v) is 3.55. The number of pyridine rings is 1. The van der Waals surface area contributed by atoms with Crippen molar-refractivity contribution in [1.82, 2.24) is 9.88 Å². The third kappa shape index (κ3) is 3.49. The number of rotatable bonds is 5. The Morgan fingerprint density at radius 1 is 1.39 bits per heavy atom. The van der Waals surface area contributed by atoms with Crippen LogP contribution >= 0.6 is 0 Å². The van der Waals surface area contributed by atoms with Gasteiger partial charge in [-0.1, -0.05) is 18.6 Å². The fraction of sp³-hybridized carbons (Fsp3) is 0.167. The minimum absolute atomic E-state index is 0.256. The summed E-state index contributed by atoms with van der Waals surface area (Å²) in [5, 5.41) is 2.86. The van der Waals surface area contributed by atoms with Gasteiger partial charge in [-0.15, -0.1) is 6.42 Å². The van der Waals surface area contributed by atoms with Crippen molar-refractivity contribution in [3.05, 3.63) is 76.2 Å². The smallest absolute Gasteiger partial charge is 0.260 e. The van der Waals surface area contributed by atoms with E-state index < -0.39 is 17.7 Å². The molecule has 0 saturated carbocycles. The standard InChI is InChI=1S/C18H16F2N2O/c1-4-9-21-12(2)15-6-5-10-22(18(15)23)13(3)14-7-8-16(19)17(20)11-14/h1,5-8,10-11,13,21H,2,9H2,3H3/t13-/m1/s1. The van der Waals surface area contributed by atoms with Crippen LogP contribution in [0.15, 0.2) is 47.9 Å². The van der Waals surface area contributed by atoms with Crippen LogP contribution in [-0.2, 0) is 0 Å². The zero-order valence-electron chi connectivity index (χ0n) is 12.6. The molecule has 2 aromatic rings. The quantitative estimate of drug-likeness (QED) is 0.861. The number of terminal acetylenes is 1. The molecule has 1 atom stereocenters. The van der Waals surface area contributed by atoms with Gasteiger partial charge in [-0.3, -0.25) is 4.79 Å². The summed E-state index contributed by atoms with van der Waals surface area (Å²) in [7, 11) is 0. The maximum Gasteiger partial charge on any atom is 0.260 e. The minimum Gasteiger partial charge on any atom is -0.374 e. The zero-order valence-corrected chi connectivity index (χ0v) is 12.6. The van der Waals surface area contributed by atoms with Crippen molar-refractivity contribution in [3.8, 4) is 12.3 Å². The molecule has 1 aromatic heterocycles. The van der Waals surface area contributed by atoms with Gasteiger partial charge in [0.1, 0.15) is 0 Å². The second kappa shape index (κ2) is 6.93. The van der Waals surface area contributed by atoms with E-state index in [1.807, 2.05) is 0 Å². The molecule has 2 rings (SSSR count). The summed E-state index contributed by atoms with van der Waals surface area (Å²) in [5.41, 5.74) is 0.988. The van der Waals surface area contributed by atoms with E-state index in [9.17, 15) is 13.6 Å². The Kier molecular flexibility index (Phi) is 4.97. The molecule has 23 heavy (non-hydrogen) atoms. The van der Waals surface area contributed by atoms with Crippen LogP contribution < -0.4 is 10.9 Å². The van der Waals surface area contributed by atoms with E-state index in [2.05, 4.69) is 17.8 Å². The zero-order chi connectivity index (χ0) is 17.0. The van der Waals surface area contributed by atoms with Crippen LogP contribution in [0.4, 0.5) is 8.78 Å². The largest absolute Gasteiger partial charge is 0.374 e. The first-order valence-electron chi connectivity index (χ1n) is 6.98. The van der Waals surface area contributed by atoms with E-state index in [1.165, 1.54) is 10.6 Å². The average Bonchev–Trinajstić information content (AvgIpc) is 2.54. The lowest BCUT2D eigenvalue weighted by Gasteiger charge is -2.17. The first-order valence-corrected chi connectivity index (χ1v) is 6.98. The molecular weight excluding hydrogens is 298 g/mol. The van der Waals surface area contributed by atoms with Crippen LogP contribution in [0.5, 0.6) is 0 Å². The Bertz CT molecular complexity index is 834. The summed E-state index contributed by atoms with van der Waals surface area (Å²) in [6, 6.07) is 6.44. The highest BCUT2D eigenvalue weighted by molar-refractivity contribution is 5.60. The molecule has 5 heteroatoms. The summed E-state index contributed by atoms with van der Waals surface area (Å²) in [4.78, 5) is 12.6. The van der Waals surface area contributed by atoms with E-state index in [4.69, 9.17) is 6.42 Å². The third-order valence-electron chi connectivity index (χ3n) is 3.55. The van der Waals surface area contributed by atoms with Gasteiger partial charge in [-0.05, 0) is 36.8 Å². The number of benzene rings is 1. The van der Waals surface area contributed by atoms with Crippen LogP contribution in [0.2, 0.25) is 0 Å². The molecule has 0 saturated heterocycles. The highest BCUT2D eigenvalue weighted by Crippen LogP contribution is 2.19. The second-order valence-corrected chi connectivity index (χ2v) is 5.02. The van der Waals surface area contributed by atoms with Crippen LogP contribution in [0.3, 0.4) is 0 Å². The molecule has 0 bridgehead atoms. The Morgan fingerprint density at radius 2 is 2.13 bits per heavy atom. The van der Waals surface area contributed by atoms with Crippen molar-refractivity contribution in [2.24, 2.45) is 0 Å². The Morgan fingerprint density at radius 3 is 2.78 bits per heavy atom. The van der Waals surface area contributed by atoms with Crippen molar-refractivity contribution in [2.75, 3.05) is 6.54 Å². The van der Waals surface area contributed by atoms with Crippen LogP contribution in [0.25, 0.3) is 5.70 Å². The number of hydrogen-bond acceptors (Lipinski definition) is 2. The average molecular weight is 314 g/mol. The van der Waals surface area contributed by atoms with Crippen molar-refractivity contribution in [1.29, 1.82) is 0 Å². The fourth-order valence-corrected chi connectivity index (χ4v) is 2.23. The molecule has 0 aliphatic rings. The maximum absolute atomic E-state index is 13.4. The van der Waals surface area contributed by atoms with Gasteiger partial charge in [0.05, 0.1) is 18.2 Å².